The molecule has 0 radical (unpaired) electrons. The molecule has 0 unspecified atom stereocenters. The number of rotatable bonds is 8. The number of hydrogen-bond acceptors (Lipinski definition) is 3. The van der Waals surface area contributed by atoms with Gasteiger partial charge in [0.1, 0.15) is 0 Å². The van der Waals surface area contributed by atoms with Crippen molar-refractivity contribution < 1.29 is 4.79 Å². The first-order valence-electron chi connectivity index (χ1n) is 11.2. The van der Waals surface area contributed by atoms with Gasteiger partial charge in [-0.25, -0.2) is 4.79 Å². The van der Waals surface area contributed by atoms with E-state index in [9.17, 15) is 4.79 Å². The van der Waals surface area contributed by atoms with Crippen LogP contribution >= 0.6 is 0 Å². The number of carbonyl (C=O) groups excluding carboxylic acids is 1. The fourth-order valence-corrected chi connectivity index (χ4v) is 4.65. The predicted molar refractivity (Wildman–Crippen MR) is 118 cm³/mol. The van der Waals surface area contributed by atoms with Gasteiger partial charge in [0, 0.05) is 43.1 Å². The summed E-state index contributed by atoms with van der Waals surface area (Å²) < 4.78 is 0. The molecule has 2 atom stereocenters. The number of unbranched alkanes of at least 4 members (excludes halogenated alkanes) is 3. The van der Waals surface area contributed by atoms with Crippen molar-refractivity contribution in [3.8, 4) is 0 Å². The number of likely N-dealkylation sites (tertiary alicyclic amines) is 1. The number of urea groups is 1. The van der Waals surface area contributed by atoms with Gasteiger partial charge in [-0.1, -0.05) is 26.2 Å². The number of benzene rings is 1. The molecule has 3 rings (SSSR count). The number of carbonyl (C=O) groups is 1. The van der Waals surface area contributed by atoms with Gasteiger partial charge in [-0.2, -0.15) is 0 Å². The second-order valence-corrected chi connectivity index (χ2v) is 8.56. The molecule has 2 heterocycles. The third kappa shape index (κ3) is 5.40. The van der Waals surface area contributed by atoms with Gasteiger partial charge in [0.15, 0.2) is 0 Å². The van der Waals surface area contributed by atoms with Gasteiger partial charge in [-0.05, 0) is 69.8 Å². The van der Waals surface area contributed by atoms with Crippen LogP contribution in [-0.4, -0.2) is 49.2 Å². The van der Waals surface area contributed by atoms with Crippen LogP contribution in [0.3, 0.4) is 0 Å². The minimum absolute atomic E-state index is 0.100. The molecule has 2 saturated heterocycles. The first-order valence-corrected chi connectivity index (χ1v) is 11.2. The lowest BCUT2D eigenvalue weighted by molar-refractivity contribution is 0.204. The van der Waals surface area contributed by atoms with Gasteiger partial charge in [0.25, 0.3) is 0 Å². The maximum Gasteiger partial charge on any atom is 0.319 e. The summed E-state index contributed by atoms with van der Waals surface area (Å²) >= 11 is 0. The molecule has 156 valence electrons. The van der Waals surface area contributed by atoms with E-state index in [1.54, 1.807) is 0 Å². The van der Waals surface area contributed by atoms with Crippen molar-refractivity contribution >= 4 is 17.4 Å². The number of anilines is 2. The van der Waals surface area contributed by atoms with Crippen LogP contribution in [0.2, 0.25) is 0 Å². The molecule has 0 spiro atoms. The van der Waals surface area contributed by atoms with Crippen molar-refractivity contribution in [3.05, 3.63) is 23.8 Å². The minimum atomic E-state index is -0.100. The van der Waals surface area contributed by atoms with Crippen LogP contribution in [0.25, 0.3) is 0 Å². The van der Waals surface area contributed by atoms with Crippen LogP contribution in [0.5, 0.6) is 0 Å². The van der Waals surface area contributed by atoms with E-state index < -0.39 is 0 Å². The molecule has 0 aliphatic carbocycles. The zero-order chi connectivity index (χ0) is 19.9. The first-order chi connectivity index (χ1) is 13.6. The third-order valence-corrected chi connectivity index (χ3v) is 6.38. The van der Waals surface area contributed by atoms with E-state index in [-0.39, 0.29) is 6.03 Å². The molecule has 2 N–H and O–H groups in total. The van der Waals surface area contributed by atoms with Crippen LogP contribution < -0.4 is 15.5 Å². The molecule has 0 bridgehead atoms. The largest absolute Gasteiger partial charge is 0.370 e. The van der Waals surface area contributed by atoms with Gasteiger partial charge in [-0.15, -0.1) is 0 Å². The fraction of sp³-hybridized carbons (Fsp3) is 0.696. The molecule has 0 saturated carbocycles. The van der Waals surface area contributed by atoms with Crippen molar-refractivity contribution in [2.75, 3.05) is 36.4 Å². The van der Waals surface area contributed by atoms with Gasteiger partial charge in [0.2, 0.25) is 0 Å². The van der Waals surface area contributed by atoms with Crippen LogP contribution in [0.1, 0.15) is 64.4 Å². The Labute approximate surface area is 170 Å². The maximum absolute atomic E-state index is 12.1. The molecule has 0 aromatic heterocycles. The van der Waals surface area contributed by atoms with E-state index in [1.165, 1.54) is 50.8 Å². The quantitative estimate of drug-likeness (QED) is 0.633. The fourth-order valence-electron chi connectivity index (χ4n) is 4.65. The van der Waals surface area contributed by atoms with E-state index >= 15 is 0 Å². The van der Waals surface area contributed by atoms with Crippen molar-refractivity contribution in [2.45, 2.75) is 77.8 Å². The molecule has 5 heteroatoms. The number of nitrogens with zero attached hydrogens (tertiary/aromatic N) is 2. The lowest BCUT2D eigenvalue weighted by Crippen LogP contribution is -2.39. The van der Waals surface area contributed by atoms with Gasteiger partial charge in [0.05, 0.1) is 0 Å². The van der Waals surface area contributed by atoms with Crippen LogP contribution in [0.15, 0.2) is 18.2 Å². The van der Waals surface area contributed by atoms with Crippen LogP contribution in [0, 0.1) is 6.92 Å². The Hall–Kier alpha value is -1.75. The Morgan fingerprint density at radius 3 is 2.75 bits per heavy atom. The molecular weight excluding hydrogens is 348 g/mol. The van der Waals surface area contributed by atoms with E-state index in [1.807, 2.05) is 6.07 Å². The number of hydrogen-bond donors (Lipinski definition) is 2. The van der Waals surface area contributed by atoms with Gasteiger partial charge in [-0.3, -0.25) is 4.90 Å². The molecule has 2 amide bonds. The van der Waals surface area contributed by atoms with Crippen molar-refractivity contribution in [1.82, 2.24) is 10.2 Å². The zero-order valence-electron chi connectivity index (χ0n) is 18.0. The molecule has 1 aromatic carbocycles. The summed E-state index contributed by atoms with van der Waals surface area (Å²) in [7, 11) is 0. The molecule has 1 aromatic rings. The zero-order valence-corrected chi connectivity index (χ0v) is 18.0. The lowest BCUT2D eigenvalue weighted by atomic mass is 10.1. The summed E-state index contributed by atoms with van der Waals surface area (Å²) in [6.45, 7) is 10.9. The molecule has 2 aliphatic heterocycles. The van der Waals surface area contributed by atoms with Gasteiger partial charge < -0.3 is 15.5 Å². The van der Waals surface area contributed by atoms with Crippen LogP contribution in [0.4, 0.5) is 16.2 Å². The van der Waals surface area contributed by atoms with Crippen molar-refractivity contribution in [1.29, 1.82) is 0 Å². The Morgan fingerprint density at radius 2 is 2.04 bits per heavy atom. The number of amides is 2. The Kier molecular flexibility index (Phi) is 7.60. The Morgan fingerprint density at radius 1 is 1.18 bits per heavy atom. The first kappa shape index (κ1) is 21.0. The van der Waals surface area contributed by atoms with Crippen molar-refractivity contribution in [3.63, 3.8) is 0 Å². The lowest BCUT2D eigenvalue weighted by Gasteiger charge is -2.28. The average molecular weight is 387 g/mol. The number of nitrogens with one attached hydrogen (secondary N) is 2. The Bertz CT molecular complexity index is 647. The second kappa shape index (κ2) is 10.1. The summed E-state index contributed by atoms with van der Waals surface area (Å²) in [5.74, 6) is 0. The molecule has 2 fully saturated rings. The third-order valence-electron chi connectivity index (χ3n) is 6.38. The minimum Gasteiger partial charge on any atom is -0.370 e. The summed E-state index contributed by atoms with van der Waals surface area (Å²) in [4.78, 5) is 17.3. The molecule has 2 aliphatic rings. The maximum atomic E-state index is 12.1. The molecule has 28 heavy (non-hydrogen) atoms. The van der Waals surface area contributed by atoms with E-state index in [4.69, 9.17) is 0 Å². The van der Waals surface area contributed by atoms with E-state index in [0.29, 0.717) is 6.04 Å². The molecule has 5 nitrogen and oxygen atoms in total. The summed E-state index contributed by atoms with van der Waals surface area (Å²) in [6.07, 6.45) is 8.62. The molecular formula is C23H38N4O. The highest BCUT2D eigenvalue weighted by Crippen LogP contribution is 2.30. The average Bonchev–Trinajstić information content (AvgIpc) is 3.32. The van der Waals surface area contributed by atoms with E-state index in [2.05, 4.69) is 53.3 Å². The Balaban J connectivity index is 1.49. The monoisotopic (exact) mass is 386 g/mol. The highest BCUT2D eigenvalue weighted by atomic mass is 16.2. The topological polar surface area (TPSA) is 47.6 Å². The normalized spacial score (nSPS) is 22.6. The second-order valence-electron chi connectivity index (χ2n) is 8.56. The SMILES string of the molecule is CCCCCCNC(=O)Nc1ccc(N2CC[C@@H](N3CCC[C@@H]3C)C2)cc1C. The highest BCUT2D eigenvalue weighted by Gasteiger charge is 2.32. The summed E-state index contributed by atoms with van der Waals surface area (Å²) in [5, 5.41) is 5.96. The van der Waals surface area contributed by atoms with Crippen molar-refractivity contribution in [2.24, 2.45) is 0 Å². The summed E-state index contributed by atoms with van der Waals surface area (Å²) in [6, 6.07) is 7.74. The smallest absolute Gasteiger partial charge is 0.319 e. The predicted octanol–water partition coefficient (Wildman–Crippen LogP) is 4.76. The standard InChI is InChI=1S/C23H38N4O/c1-4-5-6-7-13-24-23(28)25-22-11-10-20(16-18(22)2)26-15-12-21(17-26)27-14-8-9-19(27)3/h10-11,16,19,21H,4-9,12-15,17H2,1-3H3,(H2,24,25,28)/t19-,21+/m0/s1. The number of aryl methyl sites for hydroxylation is 1. The van der Waals surface area contributed by atoms with E-state index in [0.717, 1.165) is 43.3 Å². The van der Waals surface area contributed by atoms with Crippen LogP contribution in [-0.2, 0) is 0 Å². The highest BCUT2D eigenvalue weighted by molar-refractivity contribution is 5.90. The summed E-state index contributed by atoms with van der Waals surface area (Å²) in [5.41, 5.74) is 3.30. The van der Waals surface area contributed by atoms with Gasteiger partial charge >= 0.3 is 6.03 Å².